The predicted octanol–water partition coefficient (Wildman–Crippen LogP) is 7.12. The van der Waals surface area contributed by atoms with Crippen molar-refractivity contribution in [1.82, 2.24) is 0 Å². The lowest BCUT2D eigenvalue weighted by atomic mass is 10.0. The van der Waals surface area contributed by atoms with Crippen molar-refractivity contribution in [2.24, 2.45) is 0 Å². The van der Waals surface area contributed by atoms with E-state index in [1.165, 1.54) is 11.1 Å². The zero-order chi connectivity index (χ0) is 14.8. The van der Waals surface area contributed by atoms with Crippen molar-refractivity contribution in [2.45, 2.75) is 35.1 Å². The van der Waals surface area contributed by atoms with E-state index in [0.29, 0.717) is 0 Å². The summed E-state index contributed by atoms with van der Waals surface area (Å²) in [5, 5.41) is 0. The van der Waals surface area contributed by atoms with Crippen molar-refractivity contribution in [3.8, 4) is 0 Å². The first-order valence-electron chi connectivity index (χ1n) is 6.47. The summed E-state index contributed by atoms with van der Waals surface area (Å²) in [7, 11) is 0. The highest BCUT2D eigenvalue weighted by molar-refractivity contribution is 9.10. The highest BCUT2D eigenvalue weighted by atomic mass is 79.9. The van der Waals surface area contributed by atoms with Crippen LogP contribution in [0.15, 0.2) is 65.2 Å². The molecule has 1 rings (SSSR count). The van der Waals surface area contributed by atoms with Crippen molar-refractivity contribution in [3.05, 3.63) is 76.3 Å². The van der Waals surface area contributed by atoms with Crippen LogP contribution in [0.1, 0.15) is 39.3 Å². The molecule has 0 nitrogen and oxygen atoms in total. The minimum atomic E-state index is 0. The number of hydrogen-bond acceptors (Lipinski definition) is 0. The van der Waals surface area contributed by atoms with Gasteiger partial charge in [0.15, 0.2) is 0 Å². The molecule has 0 heterocycles. The van der Waals surface area contributed by atoms with Crippen LogP contribution in [-0.2, 0) is 0 Å². The van der Waals surface area contributed by atoms with Gasteiger partial charge in [0.2, 0.25) is 0 Å². The van der Waals surface area contributed by atoms with E-state index in [0.717, 1.165) is 15.6 Å². The first kappa shape index (κ1) is 21.0. The fraction of sp³-hybridized carbons (Fsp3) is 0.263. The zero-order valence-corrected chi connectivity index (χ0v) is 13.9. The van der Waals surface area contributed by atoms with Gasteiger partial charge in [-0.1, -0.05) is 80.7 Å². The molecule has 0 saturated carbocycles. The van der Waals surface area contributed by atoms with Gasteiger partial charge in [0.1, 0.15) is 0 Å². The molecule has 0 spiro atoms. The lowest BCUT2D eigenvalue weighted by Gasteiger charge is -2.04. The second kappa shape index (κ2) is 11.5. The topological polar surface area (TPSA) is 0 Å². The second-order valence-corrected chi connectivity index (χ2v) is 4.86. The Morgan fingerprint density at radius 2 is 1.85 bits per heavy atom. The molecular formula is C19H27Br. The van der Waals surface area contributed by atoms with Gasteiger partial charge in [-0.3, -0.25) is 0 Å². The Kier molecular flexibility index (Phi) is 12.0. The largest absolute Gasteiger partial charge is 0.0991 e. The Hall–Kier alpha value is -1.34. The summed E-state index contributed by atoms with van der Waals surface area (Å²) in [5.74, 6) is 0. The smallest absolute Gasteiger partial charge is 0.0178 e. The van der Waals surface area contributed by atoms with Crippen LogP contribution in [0.25, 0.3) is 6.08 Å². The lowest BCUT2D eigenvalue weighted by Crippen LogP contribution is -1.84. The number of hydrogen-bond donors (Lipinski definition) is 0. The number of aryl methyl sites for hydroxylation is 1. The Morgan fingerprint density at radius 3 is 2.35 bits per heavy atom. The molecule has 0 bridgehead atoms. The van der Waals surface area contributed by atoms with E-state index in [4.69, 9.17) is 0 Å². The average molecular weight is 335 g/mol. The van der Waals surface area contributed by atoms with Gasteiger partial charge < -0.3 is 0 Å². The maximum absolute atomic E-state index is 4.02. The maximum atomic E-state index is 4.02. The van der Waals surface area contributed by atoms with Crippen molar-refractivity contribution < 1.29 is 0 Å². The Labute approximate surface area is 133 Å². The highest BCUT2D eigenvalue weighted by Crippen LogP contribution is 2.20. The van der Waals surface area contributed by atoms with E-state index in [1.54, 1.807) is 6.08 Å². The number of halogens is 1. The molecule has 0 fully saturated rings. The summed E-state index contributed by atoms with van der Waals surface area (Å²) < 4.78 is 1.11. The Bertz CT molecular complexity index is 490. The molecule has 1 aromatic rings. The van der Waals surface area contributed by atoms with Gasteiger partial charge in [-0.25, -0.2) is 0 Å². The van der Waals surface area contributed by atoms with Crippen LogP contribution in [0, 0.1) is 6.92 Å². The first-order chi connectivity index (χ1) is 9.04. The molecule has 0 aliphatic carbocycles. The maximum Gasteiger partial charge on any atom is 0.0178 e. The SMILES string of the molecule is C.C=C/C=C\C(=C)/C(C)=C/c1ccc(Br)cc1C.CC. The van der Waals surface area contributed by atoms with Crippen molar-refractivity contribution >= 4 is 22.0 Å². The third kappa shape index (κ3) is 7.30. The number of benzene rings is 1. The molecule has 0 atom stereocenters. The Balaban J connectivity index is 0. The second-order valence-electron chi connectivity index (χ2n) is 3.95. The normalized spacial score (nSPS) is 10.3. The molecule has 0 aliphatic rings. The van der Waals surface area contributed by atoms with E-state index in [2.05, 4.69) is 67.2 Å². The third-order valence-corrected chi connectivity index (χ3v) is 3.04. The number of rotatable bonds is 4. The molecule has 20 heavy (non-hydrogen) atoms. The summed E-state index contributed by atoms with van der Waals surface area (Å²) in [4.78, 5) is 0. The average Bonchev–Trinajstić information content (AvgIpc) is 2.41. The summed E-state index contributed by atoms with van der Waals surface area (Å²) in [5.41, 5.74) is 4.64. The van der Waals surface area contributed by atoms with Crippen molar-refractivity contribution in [1.29, 1.82) is 0 Å². The monoisotopic (exact) mass is 334 g/mol. The lowest BCUT2D eigenvalue weighted by molar-refractivity contribution is 1.40. The predicted molar refractivity (Wildman–Crippen MR) is 99.1 cm³/mol. The zero-order valence-electron chi connectivity index (χ0n) is 12.3. The summed E-state index contributed by atoms with van der Waals surface area (Å²) in [6, 6.07) is 6.27. The van der Waals surface area contributed by atoms with Crippen LogP contribution in [0.3, 0.4) is 0 Å². The van der Waals surface area contributed by atoms with Crippen LogP contribution in [0.4, 0.5) is 0 Å². The molecule has 0 unspecified atom stereocenters. The summed E-state index contributed by atoms with van der Waals surface area (Å²) in [6.07, 6.45) is 7.77. The van der Waals surface area contributed by atoms with E-state index in [9.17, 15) is 0 Å². The minimum absolute atomic E-state index is 0. The van der Waals surface area contributed by atoms with Crippen LogP contribution in [0.5, 0.6) is 0 Å². The standard InChI is InChI=1S/C16H17Br.C2H6.CH4/c1-5-6-7-12(2)13(3)10-15-8-9-16(17)11-14(15)4;1-2;/h5-11H,1-2H2,3-4H3;1-2H3;1H4/b7-6-,13-10+;;. The van der Waals surface area contributed by atoms with Crippen molar-refractivity contribution in [2.75, 3.05) is 0 Å². The molecule has 0 aromatic heterocycles. The molecule has 0 N–H and O–H groups in total. The van der Waals surface area contributed by atoms with Gasteiger partial charge in [-0.15, -0.1) is 0 Å². The van der Waals surface area contributed by atoms with E-state index in [1.807, 2.05) is 26.0 Å². The van der Waals surface area contributed by atoms with E-state index in [-0.39, 0.29) is 7.43 Å². The number of allylic oxidation sites excluding steroid dienone is 5. The molecule has 0 radical (unpaired) electrons. The van der Waals surface area contributed by atoms with Gasteiger partial charge >= 0.3 is 0 Å². The molecule has 1 heteroatoms. The van der Waals surface area contributed by atoms with E-state index < -0.39 is 0 Å². The van der Waals surface area contributed by atoms with Crippen LogP contribution < -0.4 is 0 Å². The molecule has 0 aliphatic heterocycles. The molecule has 1 aromatic carbocycles. The quantitative estimate of drug-likeness (QED) is 0.514. The molecule has 110 valence electrons. The Morgan fingerprint density at radius 1 is 1.25 bits per heavy atom. The van der Waals surface area contributed by atoms with Gasteiger partial charge in [0, 0.05) is 4.47 Å². The third-order valence-electron chi connectivity index (χ3n) is 2.54. The molecule has 0 amide bonds. The molecule has 0 saturated heterocycles. The van der Waals surface area contributed by atoms with Crippen molar-refractivity contribution in [3.63, 3.8) is 0 Å². The minimum Gasteiger partial charge on any atom is -0.0991 e. The highest BCUT2D eigenvalue weighted by Gasteiger charge is 1.98. The van der Waals surface area contributed by atoms with Gasteiger partial charge in [-0.05, 0) is 48.3 Å². The van der Waals surface area contributed by atoms with Crippen LogP contribution in [-0.4, -0.2) is 0 Å². The van der Waals surface area contributed by atoms with Crippen LogP contribution >= 0.6 is 15.9 Å². The first-order valence-corrected chi connectivity index (χ1v) is 7.26. The van der Waals surface area contributed by atoms with Crippen LogP contribution in [0.2, 0.25) is 0 Å². The molecular weight excluding hydrogens is 308 g/mol. The van der Waals surface area contributed by atoms with Gasteiger partial charge in [0.25, 0.3) is 0 Å². The summed E-state index contributed by atoms with van der Waals surface area (Å²) >= 11 is 3.47. The van der Waals surface area contributed by atoms with Gasteiger partial charge in [-0.2, -0.15) is 0 Å². The fourth-order valence-corrected chi connectivity index (χ4v) is 1.92. The van der Waals surface area contributed by atoms with Gasteiger partial charge in [0.05, 0.1) is 0 Å². The fourth-order valence-electron chi connectivity index (χ4n) is 1.44. The van der Waals surface area contributed by atoms with E-state index >= 15 is 0 Å². The summed E-state index contributed by atoms with van der Waals surface area (Å²) in [6.45, 7) is 15.8.